The molecule has 1 amide bonds. The molecule has 0 saturated carbocycles. The molecule has 1 aliphatic rings. The Balaban J connectivity index is 2.25. The Kier molecular flexibility index (Phi) is 3.85. The first kappa shape index (κ1) is 13.5. The average Bonchev–Trinajstić information content (AvgIpc) is 2.43. The molecule has 19 heavy (non-hydrogen) atoms. The number of esters is 1. The van der Waals surface area contributed by atoms with Crippen molar-refractivity contribution in [2.75, 3.05) is 19.1 Å². The van der Waals surface area contributed by atoms with Crippen molar-refractivity contribution in [2.45, 2.75) is 25.4 Å². The molecule has 2 atom stereocenters. The maximum atomic E-state index is 12.0. The third-order valence-corrected chi connectivity index (χ3v) is 3.43. The van der Waals surface area contributed by atoms with Gasteiger partial charge in [-0.2, -0.15) is 0 Å². The van der Waals surface area contributed by atoms with E-state index in [1.54, 1.807) is 18.9 Å². The Morgan fingerprint density at radius 1 is 1.47 bits per heavy atom. The number of fused-ring (bicyclic) bond motifs is 1. The topological polar surface area (TPSA) is 58.6 Å². The Morgan fingerprint density at radius 2 is 2.16 bits per heavy atom. The molecular formula is C14H18N2O3. The summed E-state index contributed by atoms with van der Waals surface area (Å²) in [5.74, 6) is -0.294. The van der Waals surface area contributed by atoms with Crippen LogP contribution < -0.4 is 10.2 Å². The highest BCUT2D eigenvalue weighted by atomic mass is 16.5. The van der Waals surface area contributed by atoms with Gasteiger partial charge in [-0.1, -0.05) is 18.2 Å². The molecule has 2 rings (SSSR count). The second-order valence-electron chi connectivity index (χ2n) is 4.68. The molecule has 102 valence electrons. The summed E-state index contributed by atoms with van der Waals surface area (Å²) in [5.41, 5.74) is 1.91. The zero-order valence-electron chi connectivity index (χ0n) is 11.3. The number of ether oxygens (including phenoxy) is 1. The summed E-state index contributed by atoms with van der Waals surface area (Å²) in [6.45, 7) is 1.73. The van der Waals surface area contributed by atoms with E-state index >= 15 is 0 Å². The third kappa shape index (κ3) is 2.61. The van der Waals surface area contributed by atoms with Gasteiger partial charge in [0.25, 0.3) is 0 Å². The molecule has 1 aromatic rings. The summed E-state index contributed by atoms with van der Waals surface area (Å²) in [5, 5.41) is 3.15. The van der Waals surface area contributed by atoms with Crippen LogP contribution in [0.4, 0.5) is 5.69 Å². The standard InChI is InChI=1S/C14H18N2O3/c1-9(14(18)19-3)15-11-8-13(17)16(2)12-7-5-4-6-10(11)12/h4-7,9,11,15H,8H2,1-3H3. The monoisotopic (exact) mass is 262 g/mol. The van der Waals surface area contributed by atoms with E-state index in [-0.39, 0.29) is 17.9 Å². The second-order valence-corrected chi connectivity index (χ2v) is 4.68. The predicted octanol–water partition coefficient (Wildman–Crippen LogP) is 1.25. The molecule has 0 spiro atoms. The lowest BCUT2D eigenvalue weighted by molar-refractivity contribution is -0.143. The normalized spacial score (nSPS) is 19.8. The fourth-order valence-electron chi connectivity index (χ4n) is 2.34. The van der Waals surface area contributed by atoms with E-state index in [0.29, 0.717) is 6.42 Å². The van der Waals surface area contributed by atoms with Crippen LogP contribution in [0, 0.1) is 0 Å². The van der Waals surface area contributed by atoms with Crippen molar-refractivity contribution in [3.05, 3.63) is 29.8 Å². The molecule has 0 radical (unpaired) electrons. The van der Waals surface area contributed by atoms with Gasteiger partial charge in [0.1, 0.15) is 6.04 Å². The molecule has 0 aliphatic carbocycles. The summed E-state index contributed by atoms with van der Waals surface area (Å²) < 4.78 is 4.69. The van der Waals surface area contributed by atoms with Gasteiger partial charge in [-0.15, -0.1) is 0 Å². The number of hydrogen-bond donors (Lipinski definition) is 1. The maximum absolute atomic E-state index is 12.0. The van der Waals surface area contributed by atoms with E-state index in [1.165, 1.54) is 7.11 Å². The highest BCUT2D eigenvalue weighted by molar-refractivity contribution is 5.96. The van der Waals surface area contributed by atoms with Crippen LogP contribution in [0.15, 0.2) is 24.3 Å². The minimum atomic E-state index is -0.445. The number of carbonyl (C=O) groups excluding carboxylic acids is 2. The molecule has 1 heterocycles. The van der Waals surface area contributed by atoms with Crippen LogP contribution in [-0.4, -0.2) is 32.1 Å². The zero-order chi connectivity index (χ0) is 14.0. The lowest BCUT2D eigenvalue weighted by atomic mass is 9.95. The lowest BCUT2D eigenvalue weighted by Crippen LogP contribution is -2.43. The summed E-state index contributed by atoms with van der Waals surface area (Å²) in [6.07, 6.45) is 0.342. The first-order valence-corrected chi connectivity index (χ1v) is 6.24. The van der Waals surface area contributed by atoms with E-state index in [4.69, 9.17) is 4.74 Å². The number of hydrogen-bond acceptors (Lipinski definition) is 4. The van der Waals surface area contributed by atoms with Gasteiger partial charge < -0.3 is 9.64 Å². The molecule has 0 saturated heterocycles. The molecule has 1 aliphatic heterocycles. The first-order chi connectivity index (χ1) is 9.04. The van der Waals surface area contributed by atoms with Crippen LogP contribution in [0.1, 0.15) is 24.9 Å². The van der Waals surface area contributed by atoms with E-state index in [9.17, 15) is 9.59 Å². The van der Waals surface area contributed by atoms with Crippen molar-refractivity contribution in [3.8, 4) is 0 Å². The number of nitrogens with one attached hydrogen (secondary N) is 1. The number of nitrogens with zero attached hydrogens (tertiary/aromatic N) is 1. The van der Waals surface area contributed by atoms with Crippen LogP contribution in [0.25, 0.3) is 0 Å². The summed E-state index contributed by atoms with van der Waals surface area (Å²) in [7, 11) is 3.12. The van der Waals surface area contributed by atoms with Crippen LogP contribution in [0.3, 0.4) is 0 Å². The summed E-state index contributed by atoms with van der Waals surface area (Å²) in [6, 6.07) is 7.10. The minimum absolute atomic E-state index is 0.0354. The van der Waals surface area contributed by atoms with Crippen LogP contribution in [0.2, 0.25) is 0 Å². The Bertz CT molecular complexity index is 501. The van der Waals surface area contributed by atoms with E-state index in [0.717, 1.165) is 11.3 Å². The van der Waals surface area contributed by atoms with E-state index in [2.05, 4.69) is 5.32 Å². The largest absolute Gasteiger partial charge is 0.468 e. The van der Waals surface area contributed by atoms with Gasteiger partial charge in [0, 0.05) is 25.2 Å². The second kappa shape index (κ2) is 5.40. The van der Waals surface area contributed by atoms with Crippen LogP contribution in [-0.2, 0) is 14.3 Å². The van der Waals surface area contributed by atoms with Gasteiger partial charge in [-0.05, 0) is 18.6 Å². The molecule has 0 aromatic heterocycles. The molecular weight excluding hydrogens is 244 g/mol. The Labute approximate surface area is 112 Å². The van der Waals surface area contributed by atoms with Crippen molar-refractivity contribution >= 4 is 17.6 Å². The SMILES string of the molecule is COC(=O)C(C)NC1CC(=O)N(C)c2ccccc21. The first-order valence-electron chi connectivity index (χ1n) is 6.24. The molecule has 5 nitrogen and oxygen atoms in total. The number of para-hydroxylation sites is 1. The third-order valence-electron chi connectivity index (χ3n) is 3.43. The number of methoxy groups -OCH3 is 1. The number of rotatable bonds is 3. The zero-order valence-corrected chi connectivity index (χ0v) is 11.3. The van der Waals surface area contributed by atoms with Crippen molar-refractivity contribution < 1.29 is 14.3 Å². The Morgan fingerprint density at radius 3 is 2.84 bits per heavy atom. The average molecular weight is 262 g/mol. The quantitative estimate of drug-likeness (QED) is 0.833. The van der Waals surface area contributed by atoms with Gasteiger partial charge in [-0.3, -0.25) is 14.9 Å². The van der Waals surface area contributed by atoms with Crippen LogP contribution in [0.5, 0.6) is 0 Å². The van der Waals surface area contributed by atoms with Crippen molar-refractivity contribution in [3.63, 3.8) is 0 Å². The molecule has 0 bridgehead atoms. The minimum Gasteiger partial charge on any atom is -0.468 e. The van der Waals surface area contributed by atoms with E-state index < -0.39 is 6.04 Å². The highest BCUT2D eigenvalue weighted by Crippen LogP contribution is 2.33. The predicted molar refractivity (Wildman–Crippen MR) is 71.8 cm³/mol. The van der Waals surface area contributed by atoms with Gasteiger partial charge in [0.15, 0.2) is 0 Å². The van der Waals surface area contributed by atoms with Crippen molar-refractivity contribution in [1.29, 1.82) is 0 Å². The number of benzene rings is 1. The highest BCUT2D eigenvalue weighted by Gasteiger charge is 2.30. The van der Waals surface area contributed by atoms with Crippen molar-refractivity contribution in [2.24, 2.45) is 0 Å². The lowest BCUT2D eigenvalue weighted by Gasteiger charge is -2.33. The van der Waals surface area contributed by atoms with Gasteiger partial charge in [-0.25, -0.2) is 0 Å². The fraction of sp³-hybridized carbons (Fsp3) is 0.429. The van der Waals surface area contributed by atoms with Crippen molar-refractivity contribution in [1.82, 2.24) is 5.32 Å². The maximum Gasteiger partial charge on any atom is 0.322 e. The number of carbonyl (C=O) groups is 2. The van der Waals surface area contributed by atoms with E-state index in [1.807, 2.05) is 24.3 Å². The van der Waals surface area contributed by atoms with Gasteiger partial charge >= 0.3 is 5.97 Å². The fourth-order valence-corrected chi connectivity index (χ4v) is 2.34. The summed E-state index contributed by atoms with van der Waals surface area (Å²) in [4.78, 5) is 25.1. The van der Waals surface area contributed by atoms with Gasteiger partial charge in [0.2, 0.25) is 5.91 Å². The molecule has 0 fully saturated rings. The summed E-state index contributed by atoms with van der Waals surface area (Å²) >= 11 is 0. The molecule has 5 heteroatoms. The number of amides is 1. The number of anilines is 1. The molecule has 2 unspecified atom stereocenters. The molecule has 1 aromatic carbocycles. The Hall–Kier alpha value is -1.88. The van der Waals surface area contributed by atoms with Crippen LogP contribution >= 0.6 is 0 Å². The smallest absolute Gasteiger partial charge is 0.322 e. The van der Waals surface area contributed by atoms with Gasteiger partial charge in [0.05, 0.1) is 7.11 Å². The molecule has 1 N–H and O–H groups in total.